The summed E-state index contributed by atoms with van der Waals surface area (Å²) >= 11 is 0. The molecule has 0 radical (unpaired) electrons. The molecule has 16 heavy (non-hydrogen) atoms. The monoisotopic (exact) mass is 226 g/mol. The van der Waals surface area contributed by atoms with Crippen molar-refractivity contribution >= 4 is 5.97 Å². The van der Waals surface area contributed by atoms with E-state index >= 15 is 0 Å². The molecule has 2 aliphatic carbocycles. The molecule has 94 valence electrons. The molecule has 2 saturated carbocycles. The minimum Gasteiger partial charge on any atom is -0.469 e. The van der Waals surface area contributed by atoms with Crippen LogP contribution in [0, 0.1) is 17.3 Å². The van der Waals surface area contributed by atoms with Crippen LogP contribution < -0.4 is 0 Å². The summed E-state index contributed by atoms with van der Waals surface area (Å²) in [5.74, 6) is 2.21. The van der Waals surface area contributed by atoms with E-state index in [9.17, 15) is 4.79 Å². The number of ether oxygens (including phenoxy) is 1. The molecule has 0 unspecified atom stereocenters. The third-order valence-electron chi connectivity index (χ3n) is 4.25. The molecule has 0 saturated heterocycles. The Morgan fingerprint density at radius 2 is 1.62 bits per heavy atom. The van der Waals surface area contributed by atoms with Crippen LogP contribution in [0.4, 0.5) is 0 Å². The average Bonchev–Trinajstić information content (AvgIpc) is 2.93. The Bertz CT molecular complexity index is 215. The van der Waals surface area contributed by atoms with E-state index in [2.05, 4.69) is 4.74 Å². The van der Waals surface area contributed by atoms with Crippen LogP contribution in [0.25, 0.3) is 0 Å². The van der Waals surface area contributed by atoms with Crippen molar-refractivity contribution in [3.05, 3.63) is 0 Å². The zero-order valence-electron chi connectivity index (χ0n) is 11.2. The van der Waals surface area contributed by atoms with Gasteiger partial charge in [0.1, 0.15) is 0 Å². The van der Waals surface area contributed by atoms with Crippen molar-refractivity contribution in [2.24, 2.45) is 17.3 Å². The Morgan fingerprint density at radius 3 is 1.75 bits per heavy atom. The van der Waals surface area contributed by atoms with Crippen molar-refractivity contribution in [2.75, 3.05) is 7.11 Å². The zero-order valence-corrected chi connectivity index (χ0v) is 11.2. The van der Waals surface area contributed by atoms with Crippen LogP contribution in [0.2, 0.25) is 0 Å². The molecule has 2 bridgehead atoms. The van der Waals surface area contributed by atoms with Gasteiger partial charge in [0, 0.05) is 0 Å². The van der Waals surface area contributed by atoms with Gasteiger partial charge in [-0.05, 0) is 38.5 Å². The highest BCUT2D eigenvalue weighted by atomic mass is 16.5. The predicted octanol–water partition coefficient (Wildman–Crippen LogP) is 3.79. The van der Waals surface area contributed by atoms with Crippen molar-refractivity contribution in [3.8, 4) is 0 Å². The molecule has 0 atom stereocenters. The number of rotatable bonds is 2. The van der Waals surface area contributed by atoms with Crippen molar-refractivity contribution in [3.63, 3.8) is 0 Å². The second-order valence-electron chi connectivity index (χ2n) is 5.85. The molecular formula is C14H26O2. The third kappa shape index (κ3) is 3.50. The van der Waals surface area contributed by atoms with E-state index < -0.39 is 0 Å². The first-order valence-electron chi connectivity index (χ1n) is 6.58. The van der Waals surface area contributed by atoms with Crippen molar-refractivity contribution in [1.82, 2.24) is 0 Å². The first-order valence-corrected chi connectivity index (χ1v) is 6.58. The molecule has 0 aliphatic heterocycles. The summed E-state index contributed by atoms with van der Waals surface area (Å²) in [7, 11) is 1.42. The lowest BCUT2D eigenvalue weighted by Crippen LogP contribution is -2.24. The molecule has 2 nitrogen and oxygen atoms in total. The highest BCUT2D eigenvalue weighted by Crippen LogP contribution is 2.43. The van der Waals surface area contributed by atoms with Crippen LogP contribution in [0.5, 0.6) is 0 Å². The minimum absolute atomic E-state index is 0.134. The van der Waals surface area contributed by atoms with Gasteiger partial charge in [0.15, 0.2) is 0 Å². The van der Waals surface area contributed by atoms with Gasteiger partial charge in [-0.15, -0.1) is 0 Å². The SMILES string of the molecule is C1CC2CCC1C2.CCC(C)(C)C(=O)OC. The number of fused-ring (bicyclic) bond motifs is 2. The van der Waals surface area contributed by atoms with Gasteiger partial charge in [0.25, 0.3) is 0 Å². The van der Waals surface area contributed by atoms with E-state index in [0.29, 0.717) is 0 Å². The highest BCUT2D eigenvalue weighted by molar-refractivity contribution is 5.75. The first-order chi connectivity index (χ1) is 7.49. The Morgan fingerprint density at radius 1 is 1.19 bits per heavy atom. The highest BCUT2D eigenvalue weighted by Gasteiger charge is 2.30. The summed E-state index contributed by atoms with van der Waals surface area (Å²) < 4.78 is 4.57. The standard InChI is InChI=1S/C7H14O2.C7H12/c1-5-7(2,3)6(8)9-4;1-2-7-4-3-6(1)5-7/h5H2,1-4H3;6-7H,1-5H2. The lowest BCUT2D eigenvalue weighted by molar-refractivity contribution is -0.150. The molecule has 0 heterocycles. The van der Waals surface area contributed by atoms with E-state index in [0.717, 1.165) is 6.42 Å². The summed E-state index contributed by atoms with van der Waals surface area (Å²) in [5.41, 5.74) is -0.311. The third-order valence-corrected chi connectivity index (χ3v) is 4.25. The summed E-state index contributed by atoms with van der Waals surface area (Å²) in [6.45, 7) is 5.72. The van der Waals surface area contributed by atoms with E-state index in [-0.39, 0.29) is 11.4 Å². The summed E-state index contributed by atoms with van der Waals surface area (Å²) in [5, 5.41) is 0. The predicted molar refractivity (Wildman–Crippen MR) is 66.2 cm³/mol. The number of methoxy groups -OCH3 is 1. The molecule has 2 fully saturated rings. The van der Waals surface area contributed by atoms with Crippen LogP contribution >= 0.6 is 0 Å². The van der Waals surface area contributed by atoms with Gasteiger partial charge in [0.2, 0.25) is 0 Å². The van der Waals surface area contributed by atoms with Crippen molar-refractivity contribution < 1.29 is 9.53 Å². The van der Waals surface area contributed by atoms with Crippen LogP contribution in [0.1, 0.15) is 59.3 Å². The van der Waals surface area contributed by atoms with Gasteiger partial charge in [-0.25, -0.2) is 0 Å². The second kappa shape index (κ2) is 5.70. The number of hydrogen-bond donors (Lipinski definition) is 0. The van der Waals surface area contributed by atoms with E-state index in [1.54, 1.807) is 32.1 Å². The molecule has 2 rings (SSSR count). The van der Waals surface area contributed by atoms with Gasteiger partial charge in [-0.2, -0.15) is 0 Å². The zero-order chi connectivity index (χ0) is 12.2. The first kappa shape index (κ1) is 13.5. The van der Waals surface area contributed by atoms with Crippen LogP contribution in [0.3, 0.4) is 0 Å². The molecule has 0 amide bonds. The number of carbonyl (C=O) groups is 1. The lowest BCUT2D eigenvalue weighted by atomic mass is 9.91. The topological polar surface area (TPSA) is 26.3 Å². The fourth-order valence-corrected chi connectivity index (χ4v) is 2.59. The average molecular weight is 226 g/mol. The maximum Gasteiger partial charge on any atom is 0.311 e. The molecule has 0 spiro atoms. The van der Waals surface area contributed by atoms with Gasteiger partial charge in [0.05, 0.1) is 12.5 Å². The Labute approximate surface area is 99.8 Å². The van der Waals surface area contributed by atoms with E-state index in [1.165, 1.54) is 18.9 Å². The van der Waals surface area contributed by atoms with Gasteiger partial charge >= 0.3 is 5.97 Å². The van der Waals surface area contributed by atoms with E-state index in [4.69, 9.17) is 0 Å². The smallest absolute Gasteiger partial charge is 0.311 e. The van der Waals surface area contributed by atoms with Crippen LogP contribution in [-0.2, 0) is 9.53 Å². The van der Waals surface area contributed by atoms with Gasteiger partial charge in [-0.1, -0.05) is 32.6 Å². The molecule has 0 aromatic carbocycles. The van der Waals surface area contributed by atoms with Gasteiger partial charge < -0.3 is 4.74 Å². The largest absolute Gasteiger partial charge is 0.469 e. The second-order valence-corrected chi connectivity index (χ2v) is 5.85. The quantitative estimate of drug-likeness (QED) is 0.670. The van der Waals surface area contributed by atoms with Gasteiger partial charge in [-0.3, -0.25) is 4.79 Å². The minimum atomic E-state index is -0.311. The maximum atomic E-state index is 10.8. The van der Waals surface area contributed by atoms with Crippen LogP contribution in [0.15, 0.2) is 0 Å². The maximum absolute atomic E-state index is 10.8. The Balaban J connectivity index is 0.000000163. The van der Waals surface area contributed by atoms with Crippen LogP contribution in [-0.4, -0.2) is 13.1 Å². The summed E-state index contributed by atoms with van der Waals surface area (Å²) in [6, 6.07) is 0. The number of esters is 1. The Hall–Kier alpha value is -0.530. The molecule has 2 heteroatoms. The fraction of sp³-hybridized carbons (Fsp3) is 0.929. The molecule has 2 aliphatic rings. The van der Waals surface area contributed by atoms with E-state index in [1.807, 2.05) is 20.8 Å². The molecular weight excluding hydrogens is 200 g/mol. The van der Waals surface area contributed by atoms with Crippen molar-refractivity contribution in [2.45, 2.75) is 59.3 Å². The fourth-order valence-electron chi connectivity index (χ4n) is 2.59. The molecule has 0 N–H and O–H groups in total. The molecule has 0 aromatic heterocycles. The number of hydrogen-bond acceptors (Lipinski definition) is 2. The van der Waals surface area contributed by atoms with Crippen molar-refractivity contribution in [1.29, 1.82) is 0 Å². The lowest BCUT2D eigenvalue weighted by Gasteiger charge is -2.17. The number of carbonyl (C=O) groups excluding carboxylic acids is 1. The normalized spacial score (nSPS) is 27.2. The Kier molecular flexibility index (Phi) is 4.82. The summed E-state index contributed by atoms with van der Waals surface area (Å²) in [6.07, 6.45) is 8.64. The summed E-state index contributed by atoms with van der Waals surface area (Å²) in [4.78, 5) is 10.8. The molecule has 0 aromatic rings.